The summed E-state index contributed by atoms with van der Waals surface area (Å²) in [5.74, 6) is 0.280. The highest BCUT2D eigenvalue weighted by atomic mass is 32.2. The van der Waals surface area contributed by atoms with Crippen molar-refractivity contribution in [2.45, 2.75) is 25.7 Å². The summed E-state index contributed by atoms with van der Waals surface area (Å²) >= 11 is 0. The molecule has 0 atom stereocenters. The Morgan fingerprint density at radius 2 is 1.55 bits per heavy atom. The SMILES string of the molecule is COc1cccc(OCC(=O)N(c2cccc(C)c2C)S(=O)(=O)c2ccc(C)cc2)c1. The molecule has 0 N–H and O–H groups in total. The molecule has 3 aromatic rings. The number of carbonyl (C=O) groups excluding carboxylic acids is 1. The van der Waals surface area contributed by atoms with Crippen molar-refractivity contribution in [1.29, 1.82) is 0 Å². The van der Waals surface area contributed by atoms with Gasteiger partial charge in [-0.3, -0.25) is 4.79 Å². The molecule has 0 heterocycles. The fourth-order valence-corrected chi connectivity index (χ4v) is 4.53. The second kappa shape index (κ2) is 9.22. The van der Waals surface area contributed by atoms with E-state index in [0.29, 0.717) is 22.7 Å². The fraction of sp³-hybridized carbons (Fsp3) is 0.208. The van der Waals surface area contributed by atoms with Crippen LogP contribution in [-0.4, -0.2) is 28.0 Å². The third-order valence-electron chi connectivity index (χ3n) is 4.98. The van der Waals surface area contributed by atoms with Crippen LogP contribution in [0.5, 0.6) is 11.5 Å². The van der Waals surface area contributed by atoms with Gasteiger partial charge in [0.2, 0.25) is 0 Å². The lowest BCUT2D eigenvalue weighted by Crippen LogP contribution is -2.40. The molecule has 0 aromatic heterocycles. The Morgan fingerprint density at radius 3 is 2.23 bits per heavy atom. The first-order valence-corrected chi connectivity index (χ1v) is 11.2. The van der Waals surface area contributed by atoms with Crippen LogP contribution >= 0.6 is 0 Å². The number of nitrogens with zero attached hydrogens (tertiary/aromatic N) is 1. The third kappa shape index (κ3) is 4.88. The number of carbonyl (C=O) groups is 1. The number of hydrogen-bond acceptors (Lipinski definition) is 5. The van der Waals surface area contributed by atoms with Crippen molar-refractivity contribution in [2.24, 2.45) is 0 Å². The first-order chi connectivity index (χ1) is 14.7. The number of hydrogen-bond donors (Lipinski definition) is 0. The van der Waals surface area contributed by atoms with Gasteiger partial charge < -0.3 is 9.47 Å². The van der Waals surface area contributed by atoms with E-state index in [0.717, 1.165) is 15.4 Å². The summed E-state index contributed by atoms with van der Waals surface area (Å²) in [5, 5.41) is 0. The van der Waals surface area contributed by atoms with Gasteiger partial charge in [-0.1, -0.05) is 35.9 Å². The summed E-state index contributed by atoms with van der Waals surface area (Å²) < 4.78 is 38.6. The second-order valence-corrected chi connectivity index (χ2v) is 8.95. The van der Waals surface area contributed by atoms with Crippen molar-refractivity contribution in [3.63, 3.8) is 0 Å². The molecular weight excluding hydrogens is 414 g/mol. The van der Waals surface area contributed by atoms with Crippen LogP contribution < -0.4 is 13.8 Å². The number of anilines is 1. The van der Waals surface area contributed by atoms with Crippen molar-refractivity contribution in [2.75, 3.05) is 18.0 Å². The normalized spacial score (nSPS) is 11.1. The van der Waals surface area contributed by atoms with Crippen LogP contribution in [0.15, 0.2) is 71.6 Å². The average Bonchev–Trinajstić information content (AvgIpc) is 2.75. The van der Waals surface area contributed by atoms with Crippen LogP contribution in [0.2, 0.25) is 0 Å². The second-order valence-electron chi connectivity index (χ2n) is 7.16. The summed E-state index contributed by atoms with van der Waals surface area (Å²) in [6.07, 6.45) is 0. The fourth-order valence-electron chi connectivity index (χ4n) is 3.06. The number of methoxy groups -OCH3 is 1. The quantitative estimate of drug-likeness (QED) is 0.545. The van der Waals surface area contributed by atoms with E-state index in [9.17, 15) is 13.2 Å². The van der Waals surface area contributed by atoms with Crippen LogP contribution in [0.1, 0.15) is 16.7 Å². The highest BCUT2D eigenvalue weighted by Gasteiger charge is 2.32. The van der Waals surface area contributed by atoms with Crippen molar-refractivity contribution in [1.82, 2.24) is 0 Å². The van der Waals surface area contributed by atoms with Gasteiger partial charge in [-0.05, 0) is 62.2 Å². The Morgan fingerprint density at radius 1 is 0.903 bits per heavy atom. The largest absolute Gasteiger partial charge is 0.497 e. The minimum atomic E-state index is -4.15. The maximum atomic E-state index is 13.5. The number of sulfonamides is 1. The zero-order chi connectivity index (χ0) is 22.6. The Balaban J connectivity index is 2.00. The maximum absolute atomic E-state index is 13.5. The molecule has 0 aliphatic heterocycles. The molecule has 7 heteroatoms. The zero-order valence-corrected chi connectivity index (χ0v) is 18.8. The molecule has 31 heavy (non-hydrogen) atoms. The average molecular weight is 440 g/mol. The molecule has 0 bridgehead atoms. The number of benzene rings is 3. The number of aryl methyl sites for hydroxylation is 2. The molecule has 162 valence electrons. The Hall–Kier alpha value is -3.32. The van der Waals surface area contributed by atoms with Gasteiger partial charge in [-0.2, -0.15) is 4.31 Å². The van der Waals surface area contributed by atoms with E-state index in [2.05, 4.69) is 0 Å². The van der Waals surface area contributed by atoms with Crippen molar-refractivity contribution in [3.05, 3.63) is 83.4 Å². The standard InChI is InChI=1S/C24H25NO5S/c1-17-11-13-22(14-12-17)31(27,28)25(23-10-5-7-18(2)19(23)3)24(26)16-30-21-9-6-8-20(15-21)29-4/h5-15H,16H2,1-4H3. The van der Waals surface area contributed by atoms with E-state index in [1.165, 1.54) is 19.2 Å². The minimum Gasteiger partial charge on any atom is -0.497 e. The lowest BCUT2D eigenvalue weighted by molar-refractivity contribution is -0.119. The van der Waals surface area contributed by atoms with Gasteiger partial charge in [0.1, 0.15) is 11.5 Å². The topological polar surface area (TPSA) is 72.9 Å². The van der Waals surface area contributed by atoms with Crippen LogP contribution in [-0.2, 0) is 14.8 Å². The lowest BCUT2D eigenvalue weighted by atomic mass is 10.1. The van der Waals surface area contributed by atoms with E-state index < -0.39 is 22.5 Å². The summed E-state index contributed by atoms with van der Waals surface area (Å²) in [4.78, 5) is 13.2. The molecule has 0 radical (unpaired) electrons. The van der Waals surface area contributed by atoms with Crippen molar-refractivity contribution in [3.8, 4) is 11.5 Å². The van der Waals surface area contributed by atoms with Gasteiger partial charge in [0.15, 0.2) is 6.61 Å². The Kier molecular flexibility index (Phi) is 6.65. The van der Waals surface area contributed by atoms with E-state index in [1.807, 2.05) is 19.9 Å². The predicted octanol–water partition coefficient (Wildman–Crippen LogP) is 4.42. The van der Waals surface area contributed by atoms with Gasteiger partial charge in [0.05, 0.1) is 17.7 Å². The molecule has 0 spiro atoms. The monoisotopic (exact) mass is 439 g/mol. The lowest BCUT2D eigenvalue weighted by Gasteiger charge is -2.25. The highest BCUT2D eigenvalue weighted by molar-refractivity contribution is 7.93. The molecule has 3 aromatic carbocycles. The Bertz CT molecular complexity index is 1190. The van der Waals surface area contributed by atoms with Crippen molar-refractivity contribution >= 4 is 21.6 Å². The molecule has 0 aliphatic carbocycles. The van der Waals surface area contributed by atoms with E-state index >= 15 is 0 Å². The molecule has 3 rings (SSSR count). The number of ether oxygens (including phenoxy) is 2. The Labute approximate surface area is 183 Å². The van der Waals surface area contributed by atoms with Gasteiger partial charge in [0, 0.05) is 6.07 Å². The molecule has 0 fully saturated rings. The van der Waals surface area contributed by atoms with Gasteiger partial charge >= 0.3 is 0 Å². The van der Waals surface area contributed by atoms with Crippen LogP contribution in [0.3, 0.4) is 0 Å². The zero-order valence-electron chi connectivity index (χ0n) is 18.0. The van der Waals surface area contributed by atoms with Gasteiger partial charge in [0.25, 0.3) is 15.9 Å². The molecular formula is C24H25NO5S. The summed E-state index contributed by atoms with van der Waals surface area (Å²) in [6.45, 7) is 5.07. The van der Waals surface area contributed by atoms with Crippen LogP contribution in [0, 0.1) is 20.8 Å². The van der Waals surface area contributed by atoms with Crippen LogP contribution in [0.25, 0.3) is 0 Å². The van der Waals surface area contributed by atoms with Crippen molar-refractivity contribution < 1.29 is 22.7 Å². The summed E-state index contributed by atoms with van der Waals surface area (Å²) in [6, 6.07) is 18.4. The summed E-state index contributed by atoms with van der Waals surface area (Å²) in [7, 11) is -2.62. The molecule has 1 amide bonds. The number of rotatable bonds is 7. The molecule has 0 saturated heterocycles. The smallest absolute Gasteiger partial charge is 0.278 e. The first-order valence-electron chi connectivity index (χ1n) is 9.72. The van der Waals surface area contributed by atoms with Gasteiger partial charge in [-0.15, -0.1) is 0 Å². The predicted molar refractivity (Wildman–Crippen MR) is 120 cm³/mol. The van der Waals surface area contributed by atoms with E-state index in [-0.39, 0.29) is 4.90 Å². The molecule has 0 unspecified atom stereocenters. The van der Waals surface area contributed by atoms with Crippen LogP contribution in [0.4, 0.5) is 5.69 Å². The third-order valence-corrected chi connectivity index (χ3v) is 6.73. The van der Waals surface area contributed by atoms with E-state index in [4.69, 9.17) is 9.47 Å². The summed E-state index contributed by atoms with van der Waals surface area (Å²) in [5.41, 5.74) is 2.81. The first kappa shape index (κ1) is 22.4. The number of amides is 1. The molecule has 0 saturated carbocycles. The molecule has 6 nitrogen and oxygen atoms in total. The minimum absolute atomic E-state index is 0.0359. The highest BCUT2D eigenvalue weighted by Crippen LogP contribution is 2.29. The van der Waals surface area contributed by atoms with Gasteiger partial charge in [-0.25, -0.2) is 8.42 Å². The molecule has 0 aliphatic rings. The maximum Gasteiger partial charge on any atom is 0.278 e. The van der Waals surface area contributed by atoms with E-state index in [1.54, 1.807) is 55.5 Å².